The quantitative estimate of drug-likeness (QED) is 0.738. The summed E-state index contributed by atoms with van der Waals surface area (Å²) in [5, 5.41) is 13.8. The van der Waals surface area contributed by atoms with E-state index >= 15 is 0 Å². The largest absolute Gasteiger partial charge is 0.379 e. The summed E-state index contributed by atoms with van der Waals surface area (Å²) >= 11 is 0. The molecule has 0 saturated heterocycles. The molecule has 0 amide bonds. The van der Waals surface area contributed by atoms with Gasteiger partial charge in [-0.15, -0.1) is 0 Å². The molecule has 2 aromatic carbocycles. The molecule has 0 unspecified atom stereocenters. The molecule has 3 aromatic rings. The van der Waals surface area contributed by atoms with Gasteiger partial charge in [0.1, 0.15) is 6.07 Å². The average Bonchev–Trinajstić information content (AvgIpc) is 2.65. The second-order valence-corrected chi connectivity index (χ2v) is 5.44. The van der Waals surface area contributed by atoms with Crippen LogP contribution in [0, 0.1) is 11.3 Å². The van der Waals surface area contributed by atoms with Crippen molar-refractivity contribution in [1.82, 2.24) is 4.98 Å². The molecule has 0 radical (unpaired) electrons. The molecule has 0 bridgehead atoms. The van der Waals surface area contributed by atoms with Gasteiger partial charge < -0.3 is 10.1 Å². The first-order valence-corrected chi connectivity index (χ1v) is 7.99. The standard InChI is InChI=1S/C20H19N3O/c1-2-24-14-16-8-4-3-7-15(16)12-23-20-17(11-21)13-22-19-10-6-5-9-18(19)20/h3-10,13H,2,12,14H2,1H3,(H,22,23). The molecule has 1 heterocycles. The van der Waals surface area contributed by atoms with Crippen LogP contribution in [-0.2, 0) is 17.9 Å². The molecular weight excluding hydrogens is 298 g/mol. The Morgan fingerprint density at radius 3 is 2.62 bits per heavy atom. The van der Waals surface area contributed by atoms with E-state index < -0.39 is 0 Å². The molecule has 120 valence electrons. The zero-order valence-electron chi connectivity index (χ0n) is 13.6. The third-order valence-corrected chi connectivity index (χ3v) is 3.93. The maximum Gasteiger partial charge on any atom is 0.103 e. The number of nitrogens with one attached hydrogen (secondary N) is 1. The van der Waals surface area contributed by atoms with Gasteiger partial charge in [-0.2, -0.15) is 5.26 Å². The summed E-state index contributed by atoms with van der Waals surface area (Å²) in [5.41, 5.74) is 4.58. The number of rotatable bonds is 6. The number of anilines is 1. The Morgan fingerprint density at radius 1 is 1.08 bits per heavy atom. The van der Waals surface area contributed by atoms with E-state index in [1.807, 2.05) is 43.3 Å². The maximum absolute atomic E-state index is 9.40. The first-order valence-electron chi connectivity index (χ1n) is 7.99. The highest BCUT2D eigenvalue weighted by Crippen LogP contribution is 2.26. The van der Waals surface area contributed by atoms with Crippen molar-refractivity contribution in [2.75, 3.05) is 11.9 Å². The van der Waals surface area contributed by atoms with Crippen LogP contribution in [0.4, 0.5) is 5.69 Å². The number of nitrogens with zero attached hydrogens (tertiary/aromatic N) is 2. The van der Waals surface area contributed by atoms with Crippen LogP contribution in [0.15, 0.2) is 54.7 Å². The number of fused-ring (bicyclic) bond motifs is 1. The third kappa shape index (κ3) is 3.37. The minimum Gasteiger partial charge on any atom is -0.379 e. The van der Waals surface area contributed by atoms with Crippen LogP contribution in [0.25, 0.3) is 10.9 Å². The maximum atomic E-state index is 9.40. The number of hydrogen-bond donors (Lipinski definition) is 1. The predicted molar refractivity (Wildman–Crippen MR) is 95.6 cm³/mol. The van der Waals surface area contributed by atoms with Crippen molar-refractivity contribution in [3.63, 3.8) is 0 Å². The van der Waals surface area contributed by atoms with E-state index in [0.717, 1.165) is 27.7 Å². The molecule has 24 heavy (non-hydrogen) atoms. The number of nitriles is 1. The van der Waals surface area contributed by atoms with Gasteiger partial charge in [0.25, 0.3) is 0 Å². The highest BCUT2D eigenvalue weighted by molar-refractivity contribution is 5.93. The average molecular weight is 317 g/mol. The van der Waals surface area contributed by atoms with Crippen LogP contribution in [0.3, 0.4) is 0 Å². The molecule has 0 fully saturated rings. The van der Waals surface area contributed by atoms with Crippen LogP contribution < -0.4 is 5.32 Å². The van der Waals surface area contributed by atoms with Crippen LogP contribution in [-0.4, -0.2) is 11.6 Å². The molecule has 1 aromatic heterocycles. The van der Waals surface area contributed by atoms with Crippen molar-refractivity contribution in [3.05, 3.63) is 71.4 Å². The summed E-state index contributed by atoms with van der Waals surface area (Å²) in [6.07, 6.45) is 1.62. The van der Waals surface area contributed by atoms with Crippen LogP contribution >= 0.6 is 0 Å². The lowest BCUT2D eigenvalue weighted by Crippen LogP contribution is -2.06. The normalized spacial score (nSPS) is 10.5. The number of para-hydroxylation sites is 1. The summed E-state index contributed by atoms with van der Waals surface area (Å²) in [5.74, 6) is 0. The lowest BCUT2D eigenvalue weighted by atomic mass is 10.1. The fourth-order valence-electron chi connectivity index (χ4n) is 2.68. The van der Waals surface area contributed by atoms with Gasteiger partial charge in [0.2, 0.25) is 0 Å². The van der Waals surface area contributed by atoms with E-state index in [0.29, 0.717) is 25.3 Å². The summed E-state index contributed by atoms with van der Waals surface area (Å²) < 4.78 is 5.54. The molecule has 1 N–H and O–H groups in total. The van der Waals surface area contributed by atoms with E-state index in [1.54, 1.807) is 6.20 Å². The van der Waals surface area contributed by atoms with Gasteiger partial charge in [-0.05, 0) is 24.1 Å². The third-order valence-electron chi connectivity index (χ3n) is 3.93. The Hall–Kier alpha value is -2.90. The molecule has 0 aliphatic carbocycles. The molecule has 0 spiro atoms. The molecule has 4 nitrogen and oxygen atoms in total. The van der Waals surface area contributed by atoms with Crippen molar-refractivity contribution >= 4 is 16.6 Å². The van der Waals surface area contributed by atoms with Gasteiger partial charge in [-0.1, -0.05) is 42.5 Å². The first-order chi connectivity index (χ1) is 11.8. The topological polar surface area (TPSA) is 57.9 Å². The fourth-order valence-corrected chi connectivity index (χ4v) is 2.68. The molecule has 0 atom stereocenters. The van der Waals surface area contributed by atoms with E-state index in [4.69, 9.17) is 4.74 Å². The molecular formula is C20H19N3O. The molecule has 3 rings (SSSR count). The first kappa shape index (κ1) is 16.0. The van der Waals surface area contributed by atoms with Crippen LogP contribution in [0.1, 0.15) is 23.6 Å². The zero-order valence-corrected chi connectivity index (χ0v) is 13.6. The van der Waals surface area contributed by atoms with Gasteiger partial charge >= 0.3 is 0 Å². The summed E-state index contributed by atoms with van der Waals surface area (Å²) in [4.78, 5) is 4.34. The molecule has 4 heteroatoms. The summed E-state index contributed by atoms with van der Waals surface area (Å²) in [7, 11) is 0. The fraction of sp³-hybridized carbons (Fsp3) is 0.200. The van der Waals surface area contributed by atoms with E-state index in [1.165, 1.54) is 0 Å². The Morgan fingerprint density at radius 2 is 1.83 bits per heavy atom. The lowest BCUT2D eigenvalue weighted by molar-refractivity contribution is 0.133. The number of pyridine rings is 1. The summed E-state index contributed by atoms with van der Waals surface area (Å²) in [6.45, 7) is 3.90. The monoisotopic (exact) mass is 317 g/mol. The van der Waals surface area contributed by atoms with Crippen LogP contribution in [0.2, 0.25) is 0 Å². The Balaban J connectivity index is 1.90. The number of aromatic nitrogens is 1. The number of hydrogen-bond acceptors (Lipinski definition) is 4. The van der Waals surface area contributed by atoms with Gasteiger partial charge in [0.05, 0.1) is 23.4 Å². The smallest absolute Gasteiger partial charge is 0.103 e. The second kappa shape index (κ2) is 7.58. The van der Waals surface area contributed by atoms with E-state index in [2.05, 4.69) is 28.5 Å². The highest BCUT2D eigenvalue weighted by atomic mass is 16.5. The predicted octanol–water partition coefficient (Wildman–Crippen LogP) is 4.26. The van der Waals surface area contributed by atoms with Crippen molar-refractivity contribution in [2.24, 2.45) is 0 Å². The molecule has 0 saturated carbocycles. The highest BCUT2D eigenvalue weighted by Gasteiger charge is 2.09. The Bertz CT molecular complexity index is 883. The lowest BCUT2D eigenvalue weighted by Gasteiger charge is -2.14. The van der Waals surface area contributed by atoms with Gasteiger partial charge in [0.15, 0.2) is 0 Å². The van der Waals surface area contributed by atoms with E-state index in [-0.39, 0.29) is 0 Å². The van der Waals surface area contributed by atoms with Gasteiger partial charge in [0, 0.05) is 24.7 Å². The molecule has 0 aliphatic heterocycles. The van der Waals surface area contributed by atoms with Crippen molar-refractivity contribution < 1.29 is 4.74 Å². The SMILES string of the molecule is CCOCc1ccccc1CNc1c(C#N)cnc2ccccc12. The van der Waals surface area contributed by atoms with Gasteiger partial charge in [-0.3, -0.25) is 4.98 Å². The second-order valence-electron chi connectivity index (χ2n) is 5.44. The zero-order chi connectivity index (χ0) is 16.8. The minimum absolute atomic E-state index is 0.552. The number of benzene rings is 2. The minimum atomic E-state index is 0.552. The summed E-state index contributed by atoms with van der Waals surface area (Å²) in [6, 6.07) is 18.2. The van der Waals surface area contributed by atoms with Crippen LogP contribution in [0.5, 0.6) is 0 Å². The number of ether oxygens (including phenoxy) is 1. The van der Waals surface area contributed by atoms with E-state index in [9.17, 15) is 5.26 Å². The van der Waals surface area contributed by atoms with Crippen molar-refractivity contribution in [1.29, 1.82) is 5.26 Å². The Labute approximate surface area is 141 Å². The van der Waals surface area contributed by atoms with Gasteiger partial charge in [-0.25, -0.2) is 0 Å². The Kier molecular flexibility index (Phi) is 5.05. The molecule has 0 aliphatic rings. The van der Waals surface area contributed by atoms with Crippen molar-refractivity contribution in [2.45, 2.75) is 20.1 Å². The van der Waals surface area contributed by atoms with Crippen molar-refractivity contribution in [3.8, 4) is 6.07 Å².